The number of esters is 2. The predicted molar refractivity (Wildman–Crippen MR) is 114 cm³/mol. The van der Waals surface area contributed by atoms with E-state index in [0.717, 1.165) is 35.3 Å². The second kappa shape index (κ2) is 9.79. The SMILES string of the molecule is CC(C)(C)OC(=O)Cc1ccc2c(c1)CC[C@H](CCC(=O)OCc1ccccc1)O2. The molecule has 1 aliphatic heterocycles. The van der Waals surface area contributed by atoms with Crippen molar-refractivity contribution in [2.45, 2.75) is 71.2 Å². The van der Waals surface area contributed by atoms with Crippen LogP contribution < -0.4 is 4.74 Å². The third-order valence-corrected chi connectivity index (χ3v) is 4.84. The summed E-state index contributed by atoms with van der Waals surface area (Å²) in [7, 11) is 0. The fourth-order valence-corrected chi connectivity index (χ4v) is 3.44. The Hall–Kier alpha value is -2.82. The fourth-order valence-electron chi connectivity index (χ4n) is 3.44. The molecular weight excluding hydrogens is 380 g/mol. The fraction of sp³-hybridized carbons (Fsp3) is 0.440. The smallest absolute Gasteiger partial charge is 0.310 e. The van der Waals surface area contributed by atoms with Crippen LogP contribution in [0.15, 0.2) is 48.5 Å². The molecule has 0 spiro atoms. The van der Waals surface area contributed by atoms with Crippen molar-refractivity contribution in [1.82, 2.24) is 0 Å². The van der Waals surface area contributed by atoms with Gasteiger partial charge in [0.05, 0.1) is 12.5 Å². The van der Waals surface area contributed by atoms with Crippen LogP contribution in [0.1, 0.15) is 56.7 Å². The van der Waals surface area contributed by atoms with Gasteiger partial charge in [0, 0.05) is 6.42 Å². The molecule has 2 aromatic rings. The molecule has 0 unspecified atom stereocenters. The second-order valence-electron chi connectivity index (χ2n) is 8.67. The van der Waals surface area contributed by atoms with Crippen LogP contribution in [-0.2, 0) is 38.5 Å². The van der Waals surface area contributed by atoms with E-state index >= 15 is 0 Å². The van der Waals surface area contributed by atoms with Gasteiger partial charge in [-0.1, -0.05) is 42.5 Å². The Bertz CT molecular complexity index is 867. The summed E-state index contributed by atoms with van der Waals surface area (Å²) >= 11 is 0. The Labute approximate surface area is 178 Å². The first-order chi connectivity index (χ1) is 14.3. The lowest BCUT2D eigenvalue weighted by Crippen LogP contribution is -2.25. The van der Waals surface area contributed by atoms with E-state index in [4.69, 9.17) is 14.2 Å². The molecule has 0 N–H and O–H groups in total. The molecule has 5 heteroatoms. The van der Waals surface area contributed by atoms with E-state index < -0.39 is 5.60 Å². The van der Waals surface area contributed by atoms with Gasteiger partial charge >= 0.3 is 11.9 Å². The number of hydrogen-bond donors (Lipinski definition) is 0. The first-order valence-electron chi connectivity index (χ1n) is 10.5. The summed E-state index contributed by atoms with van der Waals surface area (Å²) in [5.74, 6) is 0.392. The minimum Gasteiger partial charge on any atom is -0.490 e. The highest BCUT2D eigenvalue weighted by atomic mass is 16.6. The van der Waals surface area contributed by atoms with Gasteiger partial charge in [0.1, 0.15) is 18.0 Å². The Morgan fingerprint density at radius 2 is 1.80 bits per heavy atom. The van der Waals surface area contributed by atoms with Gasteiger partial charge in [0.25, 0.3) is 0 Å². The van der Waals surface area contributed by atoms with Crippen molar-refractivity contribution in [2.24, 2.45) is 0 Å². The van der Waals surface area contributed by atoms with Crippen LogP contribution >= 0.6 is 0 Å². The summed E-state index contributed by atoms with van der Waals surface area (Å²) in [6.45, 7) is 5.89. The van der Waals surface area contributed by atoms with Gasteiger partial charge in [0.2, 0.25) is 0 Å². The maximum Gasteiger partial charge on any atom is 0.310 e. The summed E-state index contributed by atoms with van der Waals surface area (Å²) in [5.41, 5.74) is 2.52. The average molecular weight is 411 g/mol. The van der Waals surface area contributed by atoms with Crippen LogP contribution in [0, 0.1) is 0 Å². The van der Waals surface area contributed by atoms with Crippen LogP contribution in [0.25, 0.3) is 0 Å². The zero-order valence-corrected chi connectivity index (χ0v) is 18.0. The summed E-state index contributed by atoms with van der Waals surface area (Å²) in [4.78, 5) is 24.1. The molecule has 1 aliphatic rings. The highest BCUT2D eigenvalue weighted by Crippen LogP contribution is 2.30. The van der Waals surface area contributed by atoms with E-state index in [9.17, 15) is 9.59 Å². The van der Waals surface area contributed by atoms with Crippen molar-refractivity contribution in [3.63, 3.8) is 0 Å². The highest BCUT2D eigenvalue weighted by Gasteiger charge is 2.22. The van der Waals surface area contributed by atoms with Crippen molar-refractivity contribution in [3.05, 3.63) is 65.2 Å². The number of hydrogen-bond acceptors (Lipinski definition) is 5. The second-order valence-corrected chi connectivity index (χ2v) is 8.67. The molecule has 0 amide bonds. The summed E-state index contributed by atoms with van der Waals surface area (Å²) in [5, 5.41) is 0. The molecule has 160 valence electrons. The van der Waals surface area contributed by atoms with E-state index in [-0.39, 0.29) is 24.5 Å². The predicted octanol–water partition coefficient (Wildman–Crippen LogP) is 4.79. The molecule has 3 rings (SSSR count). The average Bonchev–Trinajstić information content (AvgIpc) is 2.70. The lowest BCUT2D eigenvalue weighted by molar-refractivity contribution is -0.154. The van der Waals surface area contributed by atoms with Crippen molar-refractivity contribution in [1.29, 1.82) is 0 Å². The monoisotopic (exact) mass is 410 g/mol. The molecule has 0 saturated carbocycles. The third-order valence-electron chi connectivity index (χ3n) is 4.84. The molecule has 0 fully saturated rings. The lowest BCUT2D eigenvalue weighted by atomic mass is 9.97. The quantitative estimate of drug-likeness (QED) is 0.614. The zero-order valence-electron chi connectivity index (χ0n) is 18.0. The first-order valence-corrected chi connectivity index (χ1v) is 10.5. The highest BCUT2D eigenvalue weighted by molar-refractivity contribution is 5.73. The van der Waals surface area contributed by atoms with E-state index in [0.29, 0.717) is 19.4 Å². The summed E-state index contributed by atoms with van der Waals surface area (Å²) in [6, 6.07) is 15.5. The van der Waals surface area contributed by atoms with E-state index in [2.05, 4.69) is 0 Å². The molecule has 5 nitrogen and oxygen atoms in total. The number of carbonyl (C=O) groups excluding carboxylic acids is 2. The molecule has 1 atom stereocenters. The normalized spacial score (nSPS) is 15.6. The first kappa shape index (κ1) is 21.9. The Kier molecular flexibility index (Phi) is 7.14. The summed E-state index contributed by atoms with van der Waals surface area (Å²) in [6.07, 6.45) is 2.92. The summed E-state index contributed by atoms with van der Waals surface area (Å²) < 4.78 is 16.8. The molecule has 30 heavy (non-hydrogen) atoms. The van der Waals surface area contributed by atoms with Gasteiger partial charge < -0.3 is 14.2 Å². The van der Waals surface area contributed by atoms with E-state index in [1.54, 1.807) is 0 Å². The minimum atomic E-state index is -0.482. The maximum absolute atomic E-state index is 12.0. The number of fused-ring (bicyclic) bond motifs is 1. The molecular formula is C25H30O5. The molecule has 0 saturated heterocycles. The maximum atomic E-state index is 12.0. The van der Waals surface area contributed by atoms with Crippen LogP contribution in [0.2, 0.25) is 0 Å². The Morgan fingerprint density at radius 3 is 2.53 bits per heavy atom. The lowest BCUT2D eigenvalue weighted by Gasteiger charge is -2.26. The Morgan fingerprint density at radius 1 is 1.03 bits per heavy atom. The molecule has 2 aromatic carbocycles. The van der Waals surface area contributed by atoms with Crippen molar-refractivity contribution < 1.29 is 23.8 Å². The van der Waals surface area contributed by atoms with Gasteiger partial charge in [-0.05, 0) is 62.8 Å². The van der Waals surface area contributed by atoms with Gasteiger partial charge in [-0.3, -0.25) is 9.59 Å². The van der Waals surface area contributed by atoms with Crippen molar-refractivity contribution in [3.8, 4) is 5.75 Å². The standard InChI is InChI=1S/C25H30O5/c1-25(2,3)30-24(27)16-19-9-13-22-20(15-19)10-11-21(29-22)12-14-23(26)28-17-18-7-5-4-6-8-18/h4-9,13,15,21H,10-12,14,16-17H2,1-3H3/t21-/m1/s1. The van der Waals surface area contributed by atoms with E-state index in [1.807, 2.05) is 69.3 Å². The van der Waals surface area contributed by atoms with Crippen molar-refractivity contribution in [2.75, 3.05) is 0 Å². The molecule has 0 bridgehead atoms. The molecule has 0 aliphatic carbocycles. The largest absolute Gasteiger partial charge is 0.490 e. The minimum absolute atomic E-state index is 0.00141. The molecule has 1 heterocycles. The number of carbonyl (C=O) groups is 2. The molecule has 0 radical (unpaired) electrons. The number of benzene rings is 2. The van der Waals surface area contributed by atoms with Crippen LogP contribution in [0.5, 0.6) is 5.75 Å². The molecule has 0 aromatic heterocycles. The zero-order chi connectivity index (χ0) is 21.6. The Balaban J connectivity index is 1.45. The van der Waals surface area contributed by atoms with Gasteiger partial charge in [-0.2, -0.15) is 0 Å². The van der Waals surface area contributed by atoms with E-state index in [1.165, 1.54) is 0 Å². The number of rotatable bonds is 7. The third kappa shape index (κ3) is 6.90. The van der Waals surface area contributed by atoms with Crippen molar-refractivity contribution >= 4 is 11.9 Å². The number of ether oxygens (including phenoxy) is 3. The van der Waals surface area contributed by atoms with Crippen LogP contribution in [0.3, 0.4) is 0 Å². The number of aryl methyl sites for hydroxylation is 1. The van der Waals surface area contributed by atoms with Crippen LogP contribution in [-0.4, -0.2) is 23.6 Å². The van der Waals surface area contributed by atoms with Crippen LogP contribution in [0.4, 0.5) is 0 Å². The van der Waals surface area contributed by atoms with Gasteiger partial charge in [0.15, 0.2) is 0 Å². The van der Waals surface area contributed by atoms with Gasteiger partial charge in [-0.15, -0.1) is 0 Å². The topological polar surface area (TPSA) is 61.8 Å². The van der Waals surface area contributed by atoms with Gasteiger partial charge in [-0.25, -0.2) is 0 Å².